The largest absolute Gasteiger partial charge is 0.370 e. The van der Waals surface area contributed by atoms with Crippen LogP contribution in [0.2, 0.25) is 0 Å². The molecule has 1 saturated heterocycles. The molecule has 1 aromatic rings. The van der Waals surface area contributed by atoms with E-state index < -0.39 is 0 Å². The highest BCUT2D eigenvalue weighted by atomic mass is 16.1. The van der Waals surface area contributed by atoms with Crippen LogP contribution in [-0.2, 0) is 16.1 Å². The van der Waals surface area contributed by atoms with Gasteiger partial charge in [0.1, 0.15) is 6.54 Å². The minimum Gasteiger partial charge on any atom is -0.370 e. The van der Waals surface area contributed by atoms with Crippen LogP contribution in [0.1, 0.15) is 18.5 Å². The molecule has 0 saturated carbocycles. The molecule has 0 radical (unpaired) electrons. The quantitative estimate of drug-likeness (QED) is 0.703. The number of likely N-dealkylation sites (tertiary alicyclic amines) is 1. The van der Waals surface area contributed by atoms with E-state index in [-0.39, 0.29) is 24.3 Å². The molecule has 1 aromatic heterocycles. The summed E-state index contributed by atoms with van der Waals surface area (Å²) in [6, 6.07) is 5.74. The molecule has 6 heteroatoms. The van der Waals surface area contributed by atoms with E-state index in [9.17, 15) is 9.59 Å². The standard InChI is InChI=1S/C14H20N4O2/c15-13(19)7-11-4-6-18(8-11,10-14(16)20)9-12-3-1-2-5-17-12/h1-3,5,11H,4,6-10H2,(H3-,15,16,19,20)/p+1. The van der Waals surface area contributed by atoms with Gasteiger partial charge < -0.3 is 16.0 Å². The number of aromatic nitrogens is 1. The summed E-state index contributed by atoms with van der Waals surface area (Å²) in [5, 5.41) is 0. The van der Waals surface area contributed by atoms with Gasteiger partial charge in [-0.1, -0.05) is 6.07 Å². The van der Waals surface area contributed by atoms with E-state index in [1.807, 2.05) is 18.2 Å². The fourth-order valence-corrected chi connectivity index (χ4v) is 3.15. The topological polar surface area (TPSA) is 99.1 Å². The van der Waals surface area contributed by atoms with Crippen LogP contribution in [0.4, 0.5) is 0 Å². The van der Waals surface area contributed by atoms with Crippen LogP contribution in [0.25, 0.3) is 0 Å². The second-order valence-corrected chi connectivity index (χ2v) is 5.68. The number of primary amides is 2. The molecule has 4 N–H and O–H groups in total. The summed E-state index contributed by atoms with van der Waals surface area (Å²) in [6.07, 6.45) is 3.01. The van der Waals surface area contributed by atoms with Crippen molar-refractivity contribution in [1.29, 1.82) is 0 Å². The van der Waals surface area contributed by atoms with Crippen molar-refractivity contribution in [3.8, 4) is 0 Å². The first-order valence-corrected chi connectivity index (χ1v) is 6.81. The molecule has 20 heavy (non-hydrogen) atoms. The number of hydrogen-bond acceptors (Lipinski definition) is 3. The Balaban J connectivity index is 2.11. The SMILES string of the molecule is NC(=O)CC1CC[N+](CC(N)=O)(Cc2ccccn2)C1. The van der Waals surface area contributed by atoms with Crippen molar-refractivity contribution in [2.75, 3.05) is 19.6 Å². The van der Waals surface area contributed by atoms with Crippen molar-refractivity contribution in [1.82, 2.24) is 4.98 Å². The summed E-state index contributed by atoms with van der Waals surface area (Å²) in [5.74, 6) is -0.372. The van der Waals surface area contributed by atoms with Crippen molar-refractivity contribution in [2.24, 2.45) is 17.4 Å². The zero-order valence-electron chi connectivity index (χ0n) is 11.5. The Labute approximate surface area is 118 Å². The summed E-state index contributed by atoms with van der Waals surface area (Å²) in [6.45, 7) is 2.53. The van der Waals surface area contributed by atoms with E-state index >= 15 is 0 Å². The van der Waals surface area contributed by atoms with Crippen molar-refractivity contribution < 1.29 is 14.1 Å². The van der Waals surface area contributed by atoms with E-state index in [0.717, 1.165) is 25.2 Å². The predicted octanol–water partition coefficient (Wildman–Crippen LogP) is -0.221. The number of pyridine rings is 1. The summed E-state index contributed by atoms with van der Waals surface area (Å²) >= 11 is 0. The summed E-state index contributed by atoms with van der Waals surface area (Å²) in [5.41, 5.74) is 11.6. The lowest BCUT2D eigenvalue weighted by atomic mass is 10.1. The number of carbonyl (C=O) groups is 2. The minimum atomic E-state index is -0.319. The number of nitrogens with zero attached hydrogens (tertiary/aromatic N) is 2. The maximum absolute atomic E-state index is 11.4. The molecule has 1 aliphatic rings. The smallest absolute Gasteiger partial charge is 0.272 e. The summed E-state index contributed by atoms with van der Waals surface area (Å²) in [7, 11) is 0. The molecule has 2 atom stereocenters. The predicted molar refractivity (Wildman–Crippen MR) is 73.9 cm³/mol. The van der Waals surface area contributed by atoms with Gasteiger partial charge in [0.25, 0.3) is 5.91 Å². The van der Waals surface area contributed by atoms with Gasteiger partial charge >= 0.3 is 0 Å². The maximum Gasteiger partial charge on any atom is 0.272 e. The van der Waals surface area contributed by atoms with E-state index in [0.29, 0.717) is 17.4 Å². The van der Waals surface area contributed by atoms with E-state index in [1.54, 1.807) is 6.20 Å². The Kier molecular flexibility index (Phi) is 4.34. The highest BCUT2D eigenvalue weighted by Gasteiger charge is 2.40. The Hall–Kier alpha value is -1.95. The molecule has 6 nitrogen and oxygen atoms in total. The zero-order valence-corrected chi connectivity index (χ0v) is 11.5. The lowest BCUT2D eigenvalue weighted by Crippen LogP contribution is -2.50. The first-order valence-electron chi connectivity index (χ1n) is 6.81. The first kappa shape index (κ1) is 14.5. The molecule has 1 aliphatic heterocycles. The van der Waals surface area contributed by atoms with Gasteiger partial charge in [0.05, 0.1) is 18.8 Å². The molecule has 2 rings (SSSR count). The van der Waals surface area contributed by atoms with Crippen molar-refractivity contribution in [3.63, 3.8) is 0 Å². The van der Waals surface area contributed by atoms with Crippen molar-refractivity contribution >= 4 is 11.8 Å². The van der Waals surface area contributed by atoms with Gasteiger partial charge in [-0.15, -0.1) is 0 Å². The average Bonchev–Trinajstić information content (AvgIpc) is 2.71. The minimum absolute atomic E-state index is 0.232. The third kappa shape index (κ3) is 3.77. The fourth-order valence-electron chi connectivity index (χ4n) is 3.15. The normalized spacial score (nSPS) is 25.5. The van der Waals surface area contributed by atoms with Gasteiger partial charge in [0.15, 0.2) is 6.54 Å². The second-order valence-electron chi connectivity index (χ2n) is 5.68. The Morgan fingerprint density at radius 1 is 1.30 bits per heavy atom. The Bertz CT molecular complexity index is 491. The number of rotatable bonds is 6. The molecule has 0 aromatic carbocycles. The lowest BCUT2D eigenvalue weighted by Gasteiger charge is -2.33. The van der Waals surface area contributed by atoms with Gasteiger partial charge in [0, 0.05) is 25.0 Å². The lowest BCUT2D eigenvalue weighted by molar-refractivity contribution is -0.923. The second kappa shape index (κ2) is 6.00. The Morgan fingerprint density at radius 2 is 2.10 bits per heavy atom. The maximum atomic E-state index is 11.4. The van der Waals surface area contributed by atoms with Crippen LogP contribution in [0.5, 0.6) is 0 Å². The van der Waals surface area contributed by atoms with E-state index in [1.165, 1.54) is 0 Å². The molecule has 2 unspecified atom stereocenters. The highest BCUT2D eigenvalue weighted by molar-refractivity contribution is 5.75. The van der Waals surface area contributed by atoms with Crippen LogP contribution in [0.3, 0.4) is 0 Å². The number of quaternary nitrogens is 1. The molecule has 0 aliphatic carbocycles. The Morgan fingerprint density at radius 3 is 2.70 bits per heavy atom. The third-order valence-corrected chi connectivity index (χ3v) is 3.86. The van der Waals surface area contributed by atoms with Crippen LogP contribution in [-0.4, -0.2) is 40.9 Å². The molecule has 1 fully saturated rings. The van der Waals surface area contributed by atoms with Gasteiger partial charge in [-0.3, -0.25) is 14.6 Å². The summed E-state index contributed by atoms with van der Waals surface area (Å²) < 4.78 is 0.574. The number of nitrogens with two attached hydrogens (primary N) is 2. The molecule has 2 amide bonds. The van der Waals surface area contributed by atoms with Crippen LogP contribution in [0, 0.1) is 5.92 Å². The average molecular weight is 277 g/mol. The van der Waals surface area contributed by atoms with Crippen LogP contribution >= 0.6 is 0 Å². The first-order chi connectivity index (χ1) is 9.49. The van der Waals surface area contributed by atoms with Gasteiger partial charge in [-0.25, -0.2) is 0 Å². The molecular weight excluding hydrogens is 256 g/mol. The number of carbonyl (C=O) groups excluding carboxylic acids is 2. The van der Waals surface area contributed by atoms with E-state index in [4.69, 9.17) is 11.5 Å². The van der Waals surface area contributed by atoms with Gasteiger partial charge in [-0.2, -0.15) is 0 Å². The number of amides is 2. The molecule has 2 heterocycles. The van der Waals surface area contributed by atoms with Crippen LogP contribution < -0.4 is 11.5 Å². The molecule has 0 spiro atoms. The molecular formula is C14H21N4O2+. The van der Waals surface area contributed by atoms with E-state index in [2.05, 4.69) is 4.98 Å². The molecule has 0 bridgehead atoms. The number of hydrogen-bond donors (Lipinski definition) is 2. The van der Waals surface area contributed by atoms with Crippen LogP contribution in [0.15, 0.2) is 24.4 Å². The monoisotopic (exact) mass is 277 g/mol. The van der Waals surface area contributed by atoms with Gasteiger partial charge in [0.2, 0.25) is 5.91 Å². The van der Waals surface area contributed by atoms with Crippen molar-refractivity contribution in [2.45, 2.75) is 19.4 Å². The van der Waals surface area contributed by atoms with Crippen molar-refractivity contribution in [3.05, 3.63) is 30.1 Å². The highest BCUT2D eigenvalue weighted by Crippen LogP contribution is 2.28. The fraction of sp³-hybridized carbons (Fsp3) is 0.500. The van der Waals surface area contributed by atoms with Gasteiger partial charge in [-0.05, 0) is 12.1 Å². The molecule has 108 valence electrons. The third-order valence-electron chi connectivity index (χ3n) is 3.86. The summed E-state index contributed by atoms with van der Waals surface area (Å²) in [4.78, 5) is 26.8. The zero-order chi connectivity index (χ0) is 14.6.